The van der Waals surface area contributed by atoms with Crippen molar-refractivity contribution in [1.29, 1.82) is 0 Å². The summed E-state index contributed by atoms with van der Waals surface area (Å²) >= 11 is 0. The Balaban J connectivity index is 1.49. The molecule has 3 nitrogen and oxygen atoms in total. The van der Waals surface area contributed by atoms with Crippen molar-refractivity contribution in [3.8, 4) is 0 Å². The predicted molar refractivity (Wildman–Crippen MR) is 80.2 cm³/mol. The molecule has 0 aliphatic heterocycles. The van der Waals surface area contributed by atoms with Gasteiger partial charge in [-0.2, -0.15) is 0 Å². The van der Waals surface area contributed by atoms with Crippen LogP contribution in [0.5, 0.6) is 0 Å². The summed E-state index contributed by atoms with van der Waals surface area (Å²) in [7, 11) is -2.89. The minimum absolute atomic E-state index is 0.125. The van der Waals surface area contributed by atoms with Crippen molar-refractivity contribution >= 4 is 9.84 Å². The Morgan fingerprint density at radius 2 is 1.50 bits per heavy atom. The molecule has 0 saturated heterocycles. The van der Waals surface area contributed by atoms with E-state index in [2.05, 4.69) is 5.32 Å². The van der Waals surface area contributed by atoms with Crippen LogP contribution in [0.15, 0.2) is 0 Å². The number of rotatable bonds is 3. The fourth-order valence-corrected chi connectivity index (χ4v) is 7.48. The second kappa shape index (κ2) is 4.70. The molecule has 0 radical (unpaired) electrons. The average molecular weight is 297 g/mol. The van der Waals surface area contributed by atoms with E-state index in [1.165, 1.54) is 38.4 Å². The highest BCUT2D eigenvalue weighted by Gasteiger charge is 2.49. The fourth-order valence-electron chi connectivity index (χ4n) is 6.07. The van der Waals surface area contributed by atoms with Crippen molar-refractivity contribution in [2.24, 2.45) is 23.7 Å². The van der Waals surface area contributed by atoms with E-state index in [4.69, 9.17) is 0 Å². The number of hydrogen-bond donors (Lipinski definition) is 1. The molecule has 0 aromatic rings. The van der Waals surface area contributed by atoms with Gasteiger partial charge in [-0.15, -0.1) is 0 Å². The van der Waals surface area contributed by atoms with Crippen LogP contribution in [-0.2, 0) is 9.84 Å². The van der Waals surface area contributed by atoms with Crippen molar-refractivity contribution in [3.05, 3.63) is 0 Å². The first-order chi connectivity index (χ1) is 9.50. The van der Waals surface area contributed by atoms with Crippen LogP contribution in [-0.4, -0.2) is 32.0 Å². The number of sulfone groups is 1. The Morgan fingerprint density at radius 1 is 0.900 bits per heavy atom. The summed E-state index contributed by atoms with van der Waals surface area (Å²) in [6, 6.07) is 0.850. The van der Waals surface area contributed by atoms with Crippen LogP contribution < -0.4 is 5.32 Å². The molecule has 4 bridgehead atoms. The van der Waals surface area contributed by atoms with Crippen LogP contribution in [0.25, 0.3) is 0 Å². The highest BCUT2D eigenvalue weighted by atomic mass is 32.2. The van der Waals surface area contributed by atoms with Crippen molar-refractivity contribution in [2.75, 3.05) is 6.26 Å². The Kier molecular flexibility index (Phi) is 3.19. The van der Waals surface area contributed by atoms with E-state index in [1.54, 1.807) is 0 Å². The Hall–Kier alpha value is -0.0900. The van der Waals surface area contributed by atoms with Gasteiger partial charge in [-0.25, -0.2) is 8.42 Å². The van der Waals surface area contributed by atoms with Gasteiger partial charge in [-0.1, -0.05) is 6.42 Å². The standard InChI is InChI=1S/C16H27NO2S/c1-20(18,19)15-4-2-3-14(15)17-16-12-6-10-5-11(8-12)9-13(16)7-10/h10-17H,2-9H2,1H3. The third kappa shape index (κ3) is 2.23. The summed E-state index contributed by atoms with van der Waals surface area (Å²) in [6.07, 6.45) is 11.5. The maximum atomic E-state index is 12.0. The lowest BCUT2D eigenvalue weighted by atomic mass is 9.54. The summed E-state index contributed by atoms with van der Waals surface area (Å²) < 4.78 is 23.9. The molecule has 5 aliphatic rings. The molecule has 2 atom stereocenters. The molecule has 5 saturated carbocycles. The Labute approximate surface area is 122 Å². The Morgan fingerprint density at radius 3 is 2.05 bits per heavy atom. The van der Waals surface area contributed by atoms with Gasteiger partial charge in [-0.3, -0.25) is 0 Å². The van der Waals surface area contributed by atoms with Gasteiger partial charge >= 0.3 is 0 Å². The number of nitrogens with one attached hydrogen (secondary N) is 1. The smallest absolute Gasteiger partial charge is 0.151 e. The van der Waals surface area contributed by atoms with Crippen LogP contribution in [0.2, 0.25) is 0 Å². The molecule has 0 aromatic heterocycles. The lowest BCUT2D eigenvalue weighted by Crippen LogP contribution is -2.58. The van der Waals surface area contributed by atoms with Gasteiger partial charge in [0.2, 0.25) is 0 Å². The molecule has 20 heavy (non-hydrogen) atoms. The van der Waals surface area contributed by atoms with Crippen LogP contribution in [0.4, 0.5) is 0 Å². The molecule has 5 rings (SSSR count). The molecular formula is C16H27NO2S. The van der Waals surface area contributed by atoms with Gasteiger partial charge in [0.15, 0.2) is 9.84 Å². The zero-order valence-electron chi connectivity index (χ0n) is 12.4. The van der Waals surface area contributed by atoms with Crippen LogP contribution >= 0.6 is 0 Å². The highest BCUT2D eigenvalue weighted by molar-refractivity contribution is 7.91. The zero-order chi connectivity index (χ0) is 13.9. The SMILES string of the molecule is CS(=O)(=O)C1CCCC1NC1C2CC3CC(C2)CC1C3. The second-order valence-electron chi connectivity index (χ2n) is 8.03. The fraction of sp³-hybridized carbons (Fsp3) is 1.00. The molecule has 0 aromatic carbocycles. The summed E-state index contributed by atoms with van der Waals surface area (Å²) in [6.45, 7) is 0. The third-order valence-corrected chi connectivity index (χ3v) is 8.30. The van der Waals surface area contributed by atoms with Crippen LogP contribution in [0, 0.1) is 23.7 Å². The molecule has 5 aliphatic carbocycles. The monoisotopic (exact) mass is 297 g/mol. The van der Waals surface area contributed by atoms with Gasteiger partial charge in [0.05, 0.1) is 5.25 Å². The first kappa shape index (κ1) is 13.6. The Bertz CT molecular complexity index is 459. The van der Waals surface area contributed by atoms with Gasteiger partial charge in [0, 0.05) is 18.3 Å². The van der Waals surface area contributed by atoms with Gasteiger partial charge < -0.3 is 5.32 Å². The minimum atomic E-state index is -2.89. The molecule has 4 heteroatoms. The second-order valence-corrected chi connectivity index (χ2v) is 10.3. The van der Waals surface area contributed by atoms with Gasteiger partial charge in [-0.05, 0) is 68.6 Å². The van der Waals surface area contributed by atoms with E-state index in [9.17, 15) is 8.42 Å². The first-order valence-corrected chi connectivity index (χ1v) is 10.4. The first-order valence-electron chi connectivity index (χ1n) is 8.45. The van der Waals surface area contributed by atoms with Gasteiger partial charge in [0.1, 0.15) is 0 Å². The molecule has 0 heterocycles. The lowest BCUT2D eigenvalue weighted by molar-refractivity contribution is -0.0172. The predicted octanol–water partition coefficient (Wildman–Crippen LogP) is 2.37. The molecule has 2 unspecified atom stereocenters. The van der Waals surface area contributed by atoms with Crippen molar-refractivity contribution in [1.82, 2.24) is 5.32 Å². The van der Waals surface area contributed by atoms with E-state index >= 15 is 0 Å². The maximum Gasteiger partial charge on any atom is 0.151 e. The highest BCUT2D eigenvalue weighted by Crippen LogP contribution is 2.54. The topological polar surface area (TPSA) is 46.2 Å². The molecular weight excluding hydrogens is 270 g/mol. The molecule has 1 N–H and O–H groups in total. The van der Waals surface area contributed by atoms with Crippen LogP contribution in [0.3, 0.4) is 0 Å². The summed E-state index contributed by atoms with van der Waals surface area (Å²) in [5, 5.41) is 3.71. The molecule has 114 valence electrons. The average Bonchev–Trinajstić information content (AvgIpc) is 2.80. The zero-order valence-corrected chi connectivity index (χ0v) is 13.2. The van der Waals surface area contributed by atoms with Crippen molar-refractivity contribution < 1.29 is 8.42 Å². The lowest BCUT2D eigenvalue weighted by Gasteiger charge is -2.55. The number of hydrogen-bond acceptors (Lipinski definition) is 3. The molecule has 0 amide bonds. The van der Waals surface area contributed by atoms with Gasteiger partial charge in [0.25, 0.3) is 0 Å². The van der Waals surface area contributed by atoms with E-state index in [-0.39, 0.29) is 11.3 Å². The summed E-state index contributed by atoms with van der Waals surface area (Å²) in [5.41, 5.74) is 0. The normalized spacial score (nSPS) is 50.8. The van der Waals surface area contributed by atoms with Crippen LogP contribution in [0.1, 0.15) is 51.4 Å². The quantitative estimate of drug-likeness (QED) is 0.870. The van der Waals surface area contributed by atoms with E-state index < -0.39 is 9.84 Å². The summed E-state index contributed by atoms with van der Waals surface area (Å²) in [5.74, 6) is 3.66. The maximum absolute atomic E-state index is 12.0. The van der Waals surface area contributed by atoms with E-state index in [0.29, 0.717) is 6.04 Å². The largest absolute Gasteiger partial charge is 0.309 e. The van der Waals surface area contributed by atoms with Crippen molar-refractivity contribution in [2.45, 2.75) is 68.7 Å². The van der Waals surface area contributed by atoms with Crippen molar-refractivity contribution in [3.63, 3.8) is 0 Å². The molecule has 5 fully saturated rings. The molecule has 0 spiro atoms. The van der Waals surface area contributed by atoms with E-state index in [1.807, 2.05) is 0 Å². The minimum Gasteiger partial charge on any atom is -0.309 e. The summed E-state index contributed by atoms with van der Waals surface area (Å²) in [4.78, 5) is 0. The van der Waals surface area contributed by atoms with E-state index in [0.717, 1.165) is 42.9 Å². The third-order valence-electron chi connectivity index (χ3n) is 6.64.